The summed E-state index contributed by atoms with van der Waals surface area (Å²) in [6, 6.07) is 3.76. The molecule has 1 aromatic heterocycles. The molecule has 6 nitrogen and oxygen atoms in total. The first-order valence-electron chi connectivity index (χ1n) is 5.80. The highest BCUT2D eigenvalue weighted by atomic mass is 19.1. The number of aromatic nitrogens is 2. The number of anilines is 1. The SMILES string of the molecule is CCn1cc(CNc2c(F)cccc2[N+](=O)[O-])cn1. The van der Waals surface area contributed by atoms with E-state index in [1.807, 2.05) is 6.92 Å². The van der Waals surface area contributed by atoms with E-state index in [-0.39, 0.29) is 17.9 Å². The molecule has 0 bridgehead atoms. The van der Waals surface area contributed by atoms with Crippen LogP contribution < -0.4 is 5.32 Å². The number of hydrogen-bond donors (Lipinski definition) is 1. The van der Waals surface area contributed by atoms with Gasteiger partial charge in [0.15, 0.2) is 5.82 Å². The van der Waals surface area contributed by atoms with Crippen molar-refractivity contribution in [2.45, 2.75) is 20.0 Å². The second kappa shape index (κ2) is 5.47. The molecule has 0 amide bonds. The smallest absolute Gasteiger partial charge is 0.295 e. The Morgan fingerprint density at radius 1 is 1.53 bits per heavy atom. The summed E-state index contributed by atoms with van der Waals surface area (Å²) in [5.74, 6) is -0.642. The second-order valence-electron chi connectivity index (χ2n) is 3.95. The van der Waals surface area contributed by atoms with Crippen molar-refractivity contribution >= 4 is 11.4 Å². The molecule has 0 spiro atoms. The maximum Gasteiger partial charge on any atom is 0.295 e. The van der Waals surface area contributed by atoms with Crippen LogP contribution in [0, 0.1) is 15.9 Å². The van der Waals surface area contributed by atoms with Crippen LogP contribution in [0.4, 0.5) is 15.8 Å². The molecule has 0 aliphatic rings. The van der Waals surface area contributed by atoms with Crippen molar-refractivity contribution in [2.75, 3.05) is 5.32 Å². The molecular formula is C12H13FN4O2. The molecule has 1 N–H and O–H groups in total. The zero-order chi connectivity index (χ0) is 13.8. The zero-order valence-corrected chi connectivity index (χ0v) is 10.3. The normalized spacial score (nSPS) is 10.4. The highest BCUT2D eigenvalue weighted by molar-refractivity contribution is 5.62. The second-order valence-corrected chi connectivity index (χ2v) is 3.95. The molecule has 0 saturated carbocycles. The van der Waals surface area contributed by atoms with Gasteiger partial charge in [0, 0.05) is 30.9 Å². The van der Waals surface area contributed by atoms with Crippen LogP contribution in [0.5, 0.6) is 0 Å². The van der Waals surface area contributed by atoms with E-state index in [4.69, 9.17) is 0 Å². The summed E-state index contributed by atoms with van der Waals surface area (Å²) in [5.41, 5.74) is 0.457. The van der Waals surface area contributed by atoms with Crippen LogP contribution in [0.1, 0.15) is 12.5 Å². The Morgan fingerprint density at radius 2 is 2.32 bits per heavy atom. The molecule has 19 heavy (non-hydrogen) atoms. The topological polar surface area (TPSA) is 73.0 Å². The Labute approximate surface area is 109 Å². The summed E-state index contributed by atoms with van der Waals surface area (Å²) in [5, 5.41) is 17.6. The Bertz CT molecular complexity index is 597. The number of nitro groups is 1. The van der Waals surface area contributed by atoms with E-state index in [1.54, 1.807) is 17.1 Å². The molecule has 100 valence electrons. The predicted molar refractivity (Wildman–Crippen MR) is 68.3 cm³/mol. The third-order valence-corrected chi connectivity index (χ3v) is 2.67. The Kier molecular flexibility index (Phi) is 3.74. The summed E-state index contributed by atoms with van der Waals surface area (Å²) in [6.45, 7) is 2.97. The monoisotopic (exact) mass is 264 g/mol. The fourth-order valence-electron chi connectivity index (χ4n) is 1.70. The largest absolute Gasteiger partial charge is 0.373 e. The van der Waals surface area contributed by atoms with Gasteiger partial charge in [-0.3, -0.25) is 14.8 Å². The fourth-order valence-corrected chi connectivity index (χ4v) is 1.70. The number of nitro benzene ring substituents is 1. The Morgan fingerprint density at radius 3 is 2.95 bits per heavy atom. The lowest BCUT2D eigenvalue weighted by atomic mass is 10.2. The number of aryl methyl sites for hydroxylation is 1. The van der Waals surface area contributed by atoms with Gasteiger partial charge in [-0.15, -0.1) is 0 Å². The molecule has 0 aliphatic carbocycles. The van der Waals surface area contributed by atoms with Crippen LogP contribution in [-0.4, -0.2) is 14.7 Å². The third kappa shape index (κ3) is 2.87. The van der Waals surface area contributed by atoms with Crippen LogP contribution in [-0.2, 0) is 13.1 Å². The number of hydrogen-bond acceptors (Lipinski definition) is 4. The summed E-state index contributed by atoms with van der Waals surface area (Å²) >= 11 is 0. The molecule has 0 aliphatic heterocycles. The third-order valence-electron chi connectivity index (χ3n) is 2.67. The zero-order valence-electron chi connectivity index (χ0n) is 10.3. The van der Waals surface area contributed by atoms with Gasteiger partial charge in [0.2, 0.25) is 0 Å². The molecule has 0 fully saturated rings. The predicted octanol–water partition coefficient (Wildman–Crippen LogP) is 2.56. The maximum absolute atomic E-state index is 13.6. The first-order valence-corrected chi connectivity index (χ1v) is 5.80. The Hall–Kier alpha value is -2.44. The van der Waals surface area contributed by atoms with Crippen molar-refractivity contribution in [3.63, 3.8) is 0 Å². The lowest BCUT2D eigenvalue weighted by molar-refractivity contribution is -0.384. The van der Waals surface area contributed by atoms with Crippen molar-refractivity contribution < 1.29 is 9.31 Å². The average molecular weight is 264 g/mol. The van der Waals surface area contributed by atoms with E-state index < -0.39 is 10.7 Å². The minimum Gasteiger partial charge on any atom is -0.373 e. The van der Waals surface area contributed by atoms with Crippen molar-refractivity contribution in [1.29, 1.82) is 0 Å². The van der Waals surface area contributed by atoms with Gasteiger partial charge >= 0.3 is 0 Å². The van der Waals surface area contributed by atoms with Gasteiger partial charge in [0.25, 0.3) is 5.69 Å². The van der Waals surface area contributed by atoms with E-state index in [0.717, 1.165) is 12.1 Å². The fraction of sp³-hybridized carbons (Fsp3) is 0.250. The molecule has 1 aromatic carbocycles. The molecule has 7 heteroatoms. The van der Waals surface area contributed by atoms with Crippen molar-refractivity contribution in [3.8, 4) is 0 Å². The highest BCUT2D eigenvalue weighted by Crippen LogP contribution is 2.27. The van der Waals surface area contributed by atoms with Gasteiger partial charge in [-0.05, 0) is 13.0 Å². The van der Waals surface area contributed by atoms with Crippen molar-refractivity contribution in [1.82, 2.24) is 9.78 Å². The first kappa shape index (κ1) is 13.0. The van der Waals surface area contributed by atoms with Crippen LogP contribution >= 0.6 is 0 Å². The van der Waals surface area contributed by atoms with Gasteiger partial charge in [-0.25, -0.2) is 4.39 Å². The number of nitrogens with one attached hydrogen (secondary N) is 1. The molecule has 0 unspecified atom stereocenters. The maximum atomic E-state index is 13.6. The summed E-state index contributed by atoms with van der Waals surface area (Å²) in [7, 11) is 0. The van der Waals surface area contributed by atoms with Crippen LogP contribution in [0.15, 0.2) is 30.6 Å². The Balaban J connectivity index is 2.17. The number of halogens is 1. The van der Waals surface area contributed by atoms with E-state index in [0.29, 0.717) is 0 Å². The van der Waals surface area contributed by atoms with Crippen LogP contribution in [0.25, 0.3) is 0 Å². The van der Waals surface area contributed by atoms with Crippen LogP contribution in [0.2, 0.25) is 0 Å². The number of nitrogens with zero attached hydrogens (tertiary/aromatic N) is 3. The number of para-hydroxylation sites is 1. The first-order chi connectivity index (χ1) is 9.11. The minimum absolute atomic E-state index is 0.100. The number of benzene rings is 1. The van der Waals surface area contributed by atoms with Crippen molar-refractivity contribution in [2.24, 2.45) is 0 Å². The quantitative estimate of drug-likeness (QED) is 0.665. The van der Waals surface area contributed by atoms with E-state index in [9.17, 15) is 14.5 Å². The summed E-state index contributed by atoms with van der Waals surface area (Å²) < 4.78 is 15.3. The van der Waals surface area contributed by atoms with Crippen molar-refractivity contribution in [3.05, 3.63) is 52.1 Å². The molecular weight excluding hydrogens is 251 g/mol. The van der Waals surface area contributed by atoms with E-state index >= 15 is 0 Å². The molecule has 1 heterocycles. The van der Waals surface area contributed by atoms with Gasteiger partial charge in [-0.1, -0.05) is 6.07 Å². The average Bonchev–Trinajstić information content (AvgIpc) is 2.85. The van der Waals surface area contributed by atoms with Gasteiger partial charge < -0.3 is 5.32 Å². The minimum atomic E-state index is -0.642. The number of rotatable bonds is 5. The molecule has 0 radical (unpaired) electrons. The van der Waals surface area contributed by atoms with E-state index in [2.05, 4.69) is 10.4 Å². The molecule has 0 saturated heterocycles. The summed E-state index contributed by atoms with van der Waals surface area (Å²) in [4.78, 5) is 10.2. The van der Waals surface area contributed by atoms with Gasteiger partial charge in [0.1, 0.15) is 5.69 Å². The molecule has 2 aromatic rings. The van der Waals surface area contributed by atoms with Crippen LogP contribution in [0.3, 0.4) is 0 Å². The van der Waals surface area contributed by atoms with Gasteiger partial charge in [0.05, 0.1) is 11.1 Å². The standard InChI is InChI=1S/C12H13FN4O2/c1-2-16-8-9(7-15-16)6-14-12-10(13)4-3-5-11(12)17(18)19/h3-5,7-8,14H,2,6H2,1H3. The summed E-state index contributed by atoms with van der Waals surface area (Å²) in [6.07, 6.45) is 3.45. The van der Waals surface area contributed by atoms with E-state index in [1.165, 1.54) is 18.2 Å². The lowest BCUT2D eigenvalue weighted by Crippen LogP contribution is -2.04. The molecule has 2 rings (SSSR count). The lowest BCUT2D eigenvalue weighted by Gasteiger charge is -2.06. The van der Waals surface area contributed by atoms with Gasteiger partial charge in [-0.2, -0.15) is 5.10 Å². The molecule has 0 atom stereocenters. The highest BCUT2D eigenvalue weighted by Gasteiger charge is 2.17.